The van der Waals surface area contributed by atoms with Crippen LogP contribution in [0.4, 0.5) is 0 Å². The zero-order chi connectivity index (χ0) is 20.0. The van der Waals surface area contributed by atoms with Crippen LogP contribution >= 0.6 is 0 Å². The number of carboxylic acids is 1. The summed E-state index contributed by atoms with van der Waals surface area (Å²) in [5.41, 5.74) is -1.32. The minimum absolute atomic E-state index is 0. The van der Waals surface area contributed by atoms with Gasteiger partial charge in [-0.05, 0) is 57.3 Å². The van der Waals surface area contributed by atoms with Gasteiger partial charge in [0.15, 0.2) is 0 Å². The van der Waals surface area contributed by atoms with Crippen molar-refractivity contribution in [2.45, 2.75) is 97.1 Å². The van der Waals surface area contributed by atoms with Crippen molar-refractivity contribution in [1.29, 1.82) is 0 Å². The minimum atomic E-state index is -2.27. The number of esters is 1. The SMILES string of the molecule is CC1CCC2C(C)(C)C2(OC(O)(CCCC(=O)OC(C)(C)C)C(=O)O)C1.[Li]. The molecule has 151 valence electrons. The molecule has 2 fully saturated rings. The Bertz CT molecular complexity index is 569. The van der Waals surface area contributed by atoms with Crippen molar-refractivity contribution in [3.63, 3.8) is 0 Å². The number of carboxylic acid groups (broad SMARTS) is 1. The molecule has 0 aromatic rings. The van der Waals surface area contributed by atoms with Gasteiger partial charge in [0.05, 0.1) is 5.60 Å². The molecule has 4 unspecified atom stereocenters. The Labute approximate surface area is 174 Å². The third kappa shape index (κ3) is 5.09. The Kier molecular flexibility index (Phi) is 7.32. The zero-order valence-electron chi connectivity index (χ0n) is 17.9. The minimum Gasteiger partial charge on any atom is -0.477 e. The quantitative estimate of drug-likeness (QED) is 0.402. The van der Waals surface area contributed by atoms with E-state index in [-0.39, 0.29) is 49.5 Å². The van der Waals surface area contributed by atoms with Crippen LogP contribution in [0.1, 0.15) is 80.1 Å². The van der Waals surface area contributed by atoms with Crippen molar-refractivity contribution in [3.05, 3.63) is 0 Å². The summed E-state index contributed by atoms with van der Waals surface area (Å²) in [7, 11) is 0. The van der Waals surface area contributed by atoms with Gasteiger partial charge in [0, 0.05) is 31.7 Å². The molecule has 7 heteroatoms. The van der Waals surface area contributed by atoms with Crippen LogP contribution < -0.4 is 0 Å². The number of rotatable bonds is 7. The van der Waals surface area contributed by atoms with Crippen molar-refractivity contribution >= 4 is 30.8 Å². The van der Waals surface area contributed by atoms with E-state index in [1.165, 1.54) is 0 Å². The summed E-state index contributed by atoms with van der Waals surface area (Å²) in [4.78, 5) is 23.6. The molecule has 0 aromatic carbocycles. The number of ether oxygens (including phenoxy) is 2. The van der Waals surface area contributed by atoms with Gasteiger partial charge in [0.2, 0.25) is 0 Å². The normalized spacial score (nSPS) is 31.1. The molecular formula is C20H34LiO6. The van der Waals surface area contributed by atoms with Gasteiger partial charge in [-0.25, -0.2) is 4.79 Å². The molecule has 6 nitrogen and oxygen atoms in total. The molecule has 0 heterocycles. The summed E-state index contributed by atoms with van der Waals surface area (Å²) >= 11 is 0. The monoisotopic (exact) mass is 377 g/mol. The maximum atomic E-state index is 11.8. The number of carbonyl (C=O) groups excluding carboxylic acids is 1. The Morgan fingerprint density at radius 1 is 1.19 bits per heavy atom. The van der Waals surface area contributed by atoms with Crippen LogP contribution in [0.5, 0.6) is 0 Å². The van der Waals surface area contributed by atoms with Gasteiger partial charge in [-0.15, -0.1) is 0 Å². The van der Waals surface area contributed by atoms with Crippen molar-refractivity contribution in [2.75, 3.05) is 0 Å². The molecule has 0 aliphatic heterocycles. The van der Waals surface area contributed by atoms with Gasteiger partial charge < -0.3 is 19.7 Å². The molecule has 27 heavy (non-hydrogen) atoms. The van der Waals surface area contributed by atoms with Crippen LogP contribution in [-0.2, 0) is 19.1 Å². The Morgan fingerprint density at radius 2 is 1.78 bits per heavy atom. The average molecular weight is 377 g/mol. The Balaban J connectivity index is 0.00000364. The van der Waals surface area contributed by atoms with E-state index in [0.717, 1.165) is 19.3 Å². The van der Waals surface area contributed by atoms with Gasteiger partial charge in [0.1, 0.15) is 5.60 Å². The molecule has 0 amide bonds. The number of hydrogen-bond acceptors (Lipinski definition) is 5. The zero-order valence-corrected chi connectivity index (χ0v) is 17.9. The first-order valence-electron chi connectivity index (χ1n) is 9.61. The number of aliphatic carboxylic acids is 1. The van der Waals surface area contributed by atoms with Gasteiger partial charge >= 0.3 is 11.9 Å². The molecule has 2 aliphatic rings. The summed E-state index contributed by atoms with van der Waals surface area (Å²) < 4.78 is 11.2. The van der Waals surface area contributed by atoms with E-state index in [2.05, 4.69) is 20.8 Å². The summed E-state index contributed by atoms with van der Waals surface area (Å²) in [6.45, 7) is 11.6. The summed E-state index contributed by atoms with van der Waals surface area (Å²) in [5.74, 6) is -3.36. The van der Waals surface area contributed by atoms with E-state index in [9.17, 15) is 19.8 Å². The van der Waals surface area contributed by atoms with E-state index < -0.39 is 28.9 Å². The molecule has 1 radical (unpaired) electrons. The van der Waals surface area contributed by atoms with Crippen LogP contribution in [-0.4, -0.2) is 58.0 Å². The standard InChI is InChI=1S/C20H34O6.Li/c1-13-9-10-14-18(5,6)19(14,12-13)26-20(24,16(22)23)11-7-8-15(21)25-17(2,3)4;/h13-14,24H,7-12H2,1-6H3,(H,22,23);. The predicted octanol–water partition coefficient (Wildman–Crippen LogP) is 3.12. The molecule has 0 bridgehead atoms. The molecule has 0 aromatic heterocycles. The van der Waals surface area contributed by atoms with E-state index in [4.69, 9.17) is 9.47 Å². The number of aliphatic hydroxyl groups is 1. The first-order chi connectivity index (χ1) is 11.7. The average Bonchev–Trinajstić information content (AvgIpc) is 2.90. The smallest absolute Gasteiger partial charge is 0.364 e. The largest absolute Gasteiger partial charge is 0.477 e. The third-order valence-electron chi connectivity index (χ3n) is 6.04. The fourth-order valence-electron chi connectivity index (χ4n) is 4.61. The molecule has 2 saturated carbocycles. The molecule has 4 atom stereocenters. The van der Waals surface area contributed by atoms with E-state index in [0.29, 0.717) is 5.92 Å². The van der Waals surface area contributed by atoms with Crippen LogP contribution in [0.15, 0.2) is 0 Å². The van der Waals surface area contributed by atoms with E-state index >= 15 is 0 Å². The summed E-state index contributed by atoms with van der Waals surface area (Å²) in [6.07, 6.45) is 2.94. The Hall–Kier alpha value is -0.543. The molecule has 2 N–H and O–H groups in total. The van der Waals surface area contributed by atoms with E-state index in [1.54, 1.807) is 20.8 Å². The second kappa shape index (κ2) is 8.06. The van der Waals surface area contributed by atoms with Crippen LogP contribution in [0.3, 0.4) is 0 Å². The fraction of sp³-hybridized carbons (Fsp3) is 0.900. The molecule has 0 saturated heterocycles. The maximum absolute atomic E-state index is 11.8. The predicted molar refractivity (Wildman–Crippen MR) is 102 cm³/mol. The van der Waals surface area contributed by atoms with Crippen molar-refractivity contribution in [3.8, 4) is 0 Å². The van der Waals surface area contributed by atoms with E-state index in [1.807, 2.05) is 0 Å². The number of fused-ring (bicyclic) bond motifs is 1. The van der Waals surface area contributed by atoms with Crippen molar-refractivity contribution in [2.24, 2.45) is 17.3 Å². The molecule has 0 spiro atoms. The second-order valence-electron chi connectivity index (χ2n) is 9.68. The van der Waals surface area contributed by atoms with Gasteiger partial charge in [-0.1, -0.05) is 27.2 Å². The summed E-state index contributed by atoms with van der Waals surface area (Å²) in [6, 6.07) is 0. The molecule has 2 rings (SSSR count). The topological polar surface area (TPSA) is 93.1 Å². The first kappa shape index (κ1) is 24.5. The van der Waals surface area contributed by atoms with Crippen LogP contribution in [0, 0.1) is 17.3 Å². The second-order valence-corrected chi connectivity index (χ2v) is 9.68. The Morgan fingerprint density at radius 3 is 2.30 bits per heavy atom. The third-order valence-corrected chi connectivity index (χ3v) is 6.04. The molecule has 2 aliphatic carbocycles. The van der Waals surface area contributed by atoms with Crippen LogP contribution in [0.2, 0.25) is 0 Å². The van der Waals surface area contributed by atoms with Gasteiger partial charge in [0.25, 0.3) is 5.79 Å². The van der Waals surface area contributed by atoms with Gasteiger partial charge in [-0.2, -0.15) is 0 Å². The van der Waals surface area contributed by atoms with Gasteiger partial charge in [-0.3, -0.25) is 4.79 Å². The maximum Gasteiger partial charge on any atom is 0.364 e. The number of carbonyl (C=O) groups is 2. The molecular weight excluding hydrogens is 343 g/mol. The summed E-state index contributed by atoms with van der Waals surface area (Å²) in [5, 5.41) is 20.3. The van der Waals surface area contributed by atoms with Crippen molar-refractivity contribution < 1.29 is 29.3 Å². The number of hydrogen-bond donors (Lipinski definition) is 2. The van der Waals surface area contributed by atoms with Crippen molar-refractivity contribution in [1.82, 2.24) is 0 Å². The first-order valence-corrected chi connectivity index (χ1v) is 9.61. The fourth-order valence-corrected chi connectivity index (χ4v) is 4.61. The van der Waals surface area contributed by atoms with Crippen LogP contribution in [0.25, 0.3) is 0 Å².